The normalized spacial score (nSPS) is 29.4. The van der Waals surface area contributed by atoms with Gasteiger partial charge < -0.3 is 5.32 Å². The van der Waals surface area contributed by atoms with Crippen LogP contribution in [0.15, 0.2) is 24.5 Å². The van der Waals surface area contributed by atoms with Gasteiger partial charge in [-0.25, -0.2) is 0 Å². The van der Waals surface area contributed by atoms with Crippen molar-refractivity contribution in [2.24, 2.45) is 5.92 Å². The van der Waals surface area contributed by atoms with E-state index >= 15 is 0 Å². The molecule has 2 unspecified atom stereocenters. The first-order valence-electron chi connectivity index (χ1n) is 8.19. The molecule has 1 aliphatic heterocycles. The summed E-state index contributed by atoms with van der Waals surface area (Å²) in [5.74, 6) is 0.896. The van der Waals surface area contributed by atoms with E-state index in [1.165, 1.54) is 44.2 Å². The Morgan fingerprint density at radius 3 is 2.90 bits per heavy atom. The standard InChI is InChI=1S/C17H27N3/c1-14-10-19-17(16-7-3-2-4-8-16)13-20(14)12-15-6-5-9-18-11-15/h5-6,9,11,14,16-17,19H,2-4,7-8,10,12-13H2,1H3. The van der Waals surface area contributed by atoms with Gasteiger partial charge in [0.15, 0.2) is 0 Å². The van der Waals surface area contributed by atoms with Crippen molar-refractivity contribution in [2.75, 3.05) is 13.1 Å². The first-order valence-corrected chi connectivity index (χ1v) is 8.19. The zero-order valence-corrected chi connectivity index (χ0v) is 12.6. The zero-order valence-electron chi connectivity index (χ0n) is 12.6. The number of nitrogens with one attached hydrogen (secondary N) is 1. The maximum atomic E-state index is 4.24. The van der Waals surface area contributed by atoms with Crippen molar-refractivity contribution in [2.45, 2.75) is 57.7 Å². The van der Waals surface area contributed by atoms with Crippen molar-refractivity contribution >= 4 is 0 Å². The Bertz CT molecular complexity index is 400. The van der Waals surface area contributed by atoms with Gasteiger partial charge in [0.05, 0.1) is 0 Å². The van der Waals surface area contributed by atoms with Gasteiger partial charge in [0, 0.05) is 44.1 Å². The SMILES string of the molecule is CC1CNC(C2CCCCC2)CN1Cc1cccnc1. The summed E-state index contributed by atoms with van der Waals surface area (Å²) >= 11 is 0. The molecule has 0 bridgehead atoms. The topological polar surface area (TPSA) is 28.2 Å². The Kier molecular flexibility index (Phi) is 4.69. The predicted octanol–water partition coefficient (Wildman–Crippen LogP) is 2.82. The van der Waals surface area contributed by atoms with Crippen LogP contribution >= 0.6 is 0 Å². The molecule has 3 nitrogen and oxygen atoms in total. The van der Waals surface area contributed by atoms with E-state index in [1.807, 2.05) is 18.5 Å². The van der Waals surface area contributed by atoms with Crippen molar-refractivity contribution in [3.05, 3.63) is 30.1 Å². The van der Waals surface area contributed by atoms with E-state index in [4.69, 9.17) is 0 Å². The van der Waals surface area contributed by atoms with Crippen LogP contribution in [-0.2, 0) is 6.54 Å². The molecule has 1 aromatic rings. The van der Waals surface area contributed by atoms with Crippen LogP contribution < -0.4 is 5.32 Å². The second-order valence-corrected chi connectivity index (χ2v) is 6.55. The molecule has 3 heteroatoms. The zero-order chi connectivity index (χ0) is 13.8. The van der Waals surface area contributed by atoms with Gasteiger partial charge in [-0.05, 0) is 37.3 Å². The third-order valence-corrected chi connectivity index (χ3v) is 5.06. The molecule has 1 N–H and O–H groups in total. The summed E-state index contributed by atoms with van der Waals surface area (Å²) in [5, 5.41) is 3.80. The highest BCUT2D eigenvalue weighted by Gasteiger charge is 2.30. The minimum atomic E-state index is 0.620. The molecule has 2 aliphatic rings. The molecule has 1 aromatic heterocycles. The van der Waals surface area contributed by atoms with Crippen LogP contribution in [0.25, 0.3) is 0 Å². The Morgan fingerprint density at radius 1 is 1.30 bits per heavy atom. The molecule has 0 spiro atoms. The first-order chi connectivity index (χ1) is 9.83. The van der Waals surface area contributed by atoms with Crippen molar-refractivity contribution in [3.8, 4) is 0 Å². The summed E-state index contributed by atoms with van der Waals surface area (Å²) in [6, 6.07) is 5.55. The predicted molar refractivity (Wildman–Crippen MR) is 82.5 cm³/mol. The third kappa shape index (κ3) is 3.39. The van der Waals surface area contributed by atoms with Crippen LogP contribution in [-0.4, -0.2) is 35.1 Å². The summed E-state index contributed by atoms with van der Waals surface area (Å²) in [4.78, 5) is 6.87. The van der Waals surface area contributed by atoms with E-state index in [0.717, 1.165) is 19.0 Å². The lowest BCUT2D eigenvalue weighted by Crippen LogP contribution is -2.57. The molecule has 1 saturated carbocycles. The number of pyridine rings is 1. The molecule has 2 fully saturated rings. The lowest BCUT2D eigenvalue weighted by atomic mass is 9.82. The van der Waals surface area contributed by atoms with E-state index in [-0.39, 0.29) is 0 Å². The van der Waals surface area contributed by atoms with Crippen LogP contribution in [0.2, 0.25) is 0 Å². The number of hydrogen-bond acceptors (Lipinski definition) is 3. The second kappa shape index (κ2) is 6.68. The molecule has 1 aliphatic carbocycles. The monoisotopic (exact) mass is 273 g/mol. The quantitative estimate of drug-likeness (QED) is 0.918. The lowest BCUT2D eigenvalue weighted by Gasteiger charge is -2.42. The number of nitrogens with zero attached hydrogens (tertiary/aromatic N) is 2. The van der Waals surface area contributed by atoms with Gasteiger partial charge in [0.1, 0.15) is 0 Å². The van der Waals surface area contributed by atoms with Crippen LogP contribution in [0.3, 0.4) is 0 Å². The number of hydrogen-bond donors (Lipinski definition) is 1. The highest BCUT2D eigenvalue weighted by Crippen LogP contribution is 2.28. The van der Waals surface area contributed by atoms with Gasteiger partial charge in [-0.15, -0.1) is 0 Å². The van der Waals surface area contributed by atoms with Crippen molar-refractivity contribution in [1.29, 1.82) is 0 Å². The molecule has 2 heterocycles. The number of rotatable bonds is 3. The maximum Gasteiger partial charge on any atom is 0.0312 e. The summed E-state index contributed by atoms with van der Waals surface area (Å²) in [6.45, 7) is 5.70. The molecule has 0 radical (unpaired) electrons. The fourth-order valence-electron chi connectivity index (χ4n) is 3.75. The first kappa shape index (κ1) is 14.0. The Morgan fingerprint density at radius 2 is 2.15 bits per heavy atom. The fraction of sp³-hybridized carbons (Fsp3) is 0.706. The molecule has 0 amide bonds. The second-order valence-electron chi connectivity index (χ2n) is 6.55. The van der Waals surface area contributed by atoms with Crippen molar-refractivity contribution in [3.63, 3.8) is 0 Å². The van der Waals surface area contributed by atoms with Crippen molar-refractivity contribution < 1.29 is 0 Å². The average Bonchev–Trinajstić information content (AvgIpc) is 2.51. The van der Waals surface area contributed by atoms with Gasteiger partial charge in [0.2, 0.25) is 0 Å². The molecule has 20 heavy (non-hydrogen) atoms. The van der Waals surface area contributed by atoms with Crippen LogP contribution in [0.1, 0.15) is 44.6 Å². The highest BCUT2D eigenvalue weighted by atomic mass is 15.2. The summed E-state index contributed by atoms with van der Waals surface area (Å²) < 4.78 is 0. The van der Waals surface area contributed by atoms with E-state index in [0.29, 0.717) is 12.1 Å². The summed E-state index contributed by atoms with van der Waals surface area (Å²) in [5.41, 5.74) is 1.34. The van der Waals surface area contributed by atoms with Gasteiger partial charge in [-0.2, -0.15) is 0 Å². The Labute approximate surface area is 122 Å². The Hall–Kier alpha value is -0.930. The van der Waals surface area contributed by atoms with Gasteiger partial charge in [-0.3, -0.25) is 9.88 Å². The smallest absolute Gasteiger partial charge is 0.0312 e. The van der Waals surface area contributed by atoms with Gasteiger partial charge in [0.25, 0.3) is 0 Å². The van der Waals surface area contributed by atoms with E-state index in [1.54, 1.807) is 0 Å². The van der Waals surface area contributed by atoms with E-state index in [9.17, 15) is 0 Å². The average molecular weight is 273 g/mol. The molecular formula is C17H27N3. The highest BCUT2D eigenvalue weighted by molar-refractivity contribution is 5.09. The van der Waals surface area contributed by atoms with Crippen molar-refractivity contribution in [1.82, 2.24) is 15.2 Å². The minimum Gasteiger partial charge on any atom is -0.311 e. The van der Waals surface area contributed by atoms with E-state index < -0.39 is 0 Å². The van der Waals surface area contributed by atoms with Gasteiger partial charge >= 0.3 is 0 Å². The van der Waals surface area contributed by atoms with Crippen LogP contribution in [0, 0.1) is 5.92 Å². The molecule has 3 rings (SSSR count). The summed E-state index contributed by atoms with van der Waals surface area (Å²) in [6.07, 6.45) is 11.0. The van der Waals surface area contributed by atoms with Gasteiger partial charge in [-0.1, -0.05) is 25.3 Å². The summed E-state index contributed by atoms with van der Waals surface area (Å²) in [7, 11) is 0. The van der Waals surface area contributed by atoms with Crippen LogP contribution in [0.4, 0.5) is 0 Å². The van der Waals surface area contributed by atoms with E-state index in [2.05, 4.69) is 28.2 Å². The molecule has 110 valence electrons. The fourth-order valence-corrected chi connectivity index (χ4v) is 3.75. The Balaban J connectivity index is 1.61. The molecule has 2 atom stereocenters. The third-order valence-electron chi connectivity index (χ3n) is 5.06. The van der Waals surface area contributed by atoms with Crippen LogP contribution in [0.5, 0.6) is 0 Å². The molecular weight excluding hydrogens is 246 g/mol. The lowest BCUT2D eigenvalue weighted by molar-refractivity contribution is 0.0980. The molecule has 0 aromatic carbocycles. The number of aromatic nitrogens is 1. The molecule has 1 saturated heterocycles. The maximum absolute atomic E-state index is 4.24. The largest absolute Gasteiger partial charge is 0.311 e. The number of piperazine rings is 1. The minimum absolute atomic E-state index is 0.620.